The summed E-state index contributed by atoms with van der Waals surface area (Å²) in [7, 11) is -3.31. The molecule has 45 heavy (non-hydrogen) atoms. The Morgan fingerprint density at radius 1 is 1.18 bits per heavy atom. The fraction of sp³-hybridized carbons (Fsp3) is 0.483. The van der Waals surface area contributed by atoms with E-state index in [1.165, 1.54) is 29.9 Å². The summed E-state index contributed by atoms with van der Waals surface area (Å²) in [5.41, 5.74) is 4.79. The van der Waals surface area contributed by atoms with Crippen LogP contribution in [0.25, 0.3) is 5.52 Å². The second-order valence-electron chi connectivity index (χ2n) is 10.5. The number of hydrogen-bond donors (Lipinski definition) is 2. The lowest BCUT2D eigenvalue weighted by molar-refractivity contribution is -0.168. The van der Waals surface area contributed by atoms with Crippen LogP contribution in [0.3, 0.4) is 0 Å². The number of hydrogen-bond acceptors (Lipinski definition) is 12. The van der Waals surface area contributed by atoms with Crippen LogP contribution in [0.4, 0.5) is 10.2 Å². The van der Waals surface area contributed by atoms with Crippen LogP contribution in [0.1, 0.15) is 51.8 Å². The lowest BCUT2D eigenvalue weighted by Crippen LogP contribution is -2.50. The first-order valence-corrected chi connectivity index (χ1v) is 15.9. The van der Waals surface area contributed by atoms with E-state index in [1.807, 2.05) is 0 Å². The van der Waals surface area contributed by atoms with Gasteiger partial charge in [-0.3, -0.25) is 18.9 Å². The number of para-hydroxylation sites is 1. The van der Waals surface area contributed by atoms with Gasteiger partial charge in [0.25, 0.3) is 0 Å². The van der Waals surface area contributed by atoms with E-state index in [2.05, 4.69) is 15.2 Å². The average molecular weight is 650 g/mol. The predicted octanol–water partition coefficient (Wildman–Crippen LogP) is 3.75. The molecule has 0 spiro atoms. The van der Waals surface area contributed by atoms with E-state index in [1.54, 1.807) is 44.2 Å². The Kier molecular flexibility index (Phi) is 10.9. The zero-order chi connectivity index (χ0) is 32.8. The van der Waals surface area contributed by atoms with Crippen molar-refractivity contribution < 1.29 is 46.6 Å². The number of aromatic nitrogens is 3. The third-order valence-electron chi connectivity index (χ3n) is 7.45. The maximum absolute atomic E-state index is 15.4. The number of ether oxygens (including phenoxy) is 3. The number of rotatable bonds is 15. The van der Waals surface area contributed by atoms with Crippen LogP contribution in [0.5, 0.6) is 5.75 Å². The van der Waals surface area contributed by atoms with Gasteiger partial charge in [-0.15, -0.1) is 0 Å². The number of esters is 2. The van der Waals surface area contributed by atoms with Crippen molar-refractivity contribution in [2.24, 2.45) is 5.92 Å². The molecule has 1 aliphatic rings. The molecule has 3 N–H and O–H groups in total. The van der Waals surface area contributed by atoms with Crippen molar-refractivity contribution in [1.82, 2.24) is 19.7 Å². The maximum Gasteiger partial charge on any atom is 0.459 e. The highest BCUT2D eigenvalue weighted by Crippen LogP contribution is 2.52. The van der Waals surface area contributed by atoms with Crippen molar-refractivity contribution in [3.63, 3.8) is 0 Å². The molecule has 4 rings (SSSR count). The Morgan fingerprint density at radius 3 is 2.56 bits per heavy atom. The van der Waals surface area contributed by atoms with E-state index in [0.29, 0.717) is 11.2 Å². The van der Waals surface area contributed by atoms with Gasteiger partial charge in [-0.05, 0) is 31.2 Å². The van der Waals surface area contributed by atoms with Crippen LogP contribution in [0.15, 0.2) is 48.8 Å². The molecule has 0 amide bonds. The van der Waals surface area contributed by atoms with Gasteiger partial charge < -0.3 is 24.5 Å². The number of nitrogens with one attached hydrogen (secondary N) is 1. The van der Waals surface area contributed by atoms with Gasteiger partial charge in [-0.1, -0.05) is 32.0 Å². The molecular formula is C29H37FN5O9P. The summed E-state index contributed by atoms with van der Waals surface area (Å²) in [6.07, 6.45) is -1.22. The van der Waals surface area contributed by atoms with Crippen LogP contribution < -0.4 is 15.3 Å². The second kappa shape index (κ2) is 14.5. The fourth-order valence-electron chi connectivity index (χ4n) is 5.10. The summed E-state index contributed by atoms with van der Waals surface area (Å²) in [6.45, 7) is 2.57. The van der Waals surface area contributed by atoms with Crippen molar-refractivity contribution in [3.05, 3.63) is 54.5 Å². The van der Waals surface area contributed by atoms with Crippen molar-refractivity contribution in [2.75, 3.05) is 26.1 Å². The first-order valence-electron chi connectivity index (χ1n) is 14.4. The molecule has 3 aromatic rings. The van der Waals surface area contributed by atoms with Gasteiger partial charge in [-0.25, -0.2) is 18.5 Å². The minimum atomic E-state index is -4.47. The average Bonchev–Trinajstić information content (AvgIpc) is 3.60. The normalized spacial score (nSPS) is 23.3. The van der Waals surface area contributed by atoms with Crippen molar-refractivity contribution in [1.29, 1.82) is 0 Å². The largest absolute Gasteiger partial charge is 0.468 e. The van der Waals surface area contributed by atoms with Crippen LogP contribution in [0.2, 0.25) is 0 Å². The number of carbonyl (C=O) groups excluding carboxylic acids is 3. The third kappa shape index (κ3) is 7.50. The topological polar surface area (TPSA) is 183 Å². The summed E-state index contributed by atoms with van der Waals surface area (Å²) in [6, 6.07) is 10.1. The number of alkyl halides is 1. The van der Waals surface area contributed by atoms with Gasteiger partial charge >= 0.3 is 19.7 Å². The Morgan fingerprint density at radius 2 is 1.91 bits per heavy atom. The lowest BCUT2D eigenvalue weighted by Gasteiger charge is -2.33. The molecule has 244 valence electrons. The molecular weight excluding hydrogens is 612 g/mol. The Hall–Kier alpha value is -3.91. The van der Waals surface area contributed by atoms with E-state index < -0.39 is 62.7 Å². The van der Waals surface area contributed by atoms with Crippen LogP contribution in [0, 0.1) is 5.92 Å². The molecule has 2 aromatic heterocycles. The van der Waals surface area contributed by atoms with E-state index >= 15 is 4.39 Å². The molecule has 0 bridgehead atoms. The second-order valence-corrected chi connectivity index (χ2v) is 12.2. The Balaban J connectivity index is 1.77. The molecule has 6 atom stereocenters. The molecule has 1 fully saturated rings. The summed E-state index contributed by atoms with van der Waals surface area (Å²) in [5, 5.41) is 6.76. The van der Waals surface area contributed by atoms with Crippen LogP contribution in [-0.4, -0.2) is 70.5 Å². The highest BCUT2D eigenvalue weighted by molar-refractivity contribution is 7.52. The third-order valence-corrected chi connectivity index (χ3v) is 9.07. The van der Waals surface area contributed by atoms with E-state index in [0.717, 1.165) is 7.11 Å². The number of benzene rings is 1. The number of fused-ring (bicyclic) bond motifs is 1. The zero-order valence-electron chi connectivity index (χ0n) is 25.4. The SMILES string of the molecule is CCC(=O)C[C@H]1[C@H](c2ccc3c(N)ncnn23)O[C@](CF)(COP(=O)(N[C@@H](C)C(=O)OC)Oc2ccccc2)[C@H]1OC(=O)CC. The number of ketones is 1. The van der Waals surface area contributed by atoms with Gasteiger partial charge in [0.15, 0.2) is 11.4 Å². The molecule has 0 saturated carbocycles. The molecule has 14 nitrogen and oxygen atoms in total. The minimum Gasteiger partial charge on any atom is -0.468 e. The quantitative estimate of drug-likeness (QED) is 0.179. The number of Topliss-reactive ketones (excluding diaryl/α,β-unsaturated/α-hetero) is 1. The zero-order valence-corrected chi connectivity index (χ0v) is 26.3. The van der Waals surface area contributed by atoms with Gasteiger partial charge in [0.05, 0.1) is 19.4 Å². The van der Waals surface area contributed by atoms with Gasteiger partial charge in [0.1, 0.15) is 48.3 Å². The smallest absolute Gasteiger partial charge is 0.459 e. The molecule has 3 heterocycles. The standard InChI is InChI=1S/C29H37FN5O9P/c1-5-19(36)14-21-25(22-12-13-23-27(31)32-17-33-35(22)23)43-29(15-30,26(21)42-24(37)6-2)16-41-45(39,34-18(3)28(38)40-4)44-20-10-8-7-9-11-20/h7-13,17-18,21,25-26H,5-6,14-16H2,1-4H3,(H,34,39)(H2,31,32,33)/t18-,21-,25+,26-,29+,45?/m0/s1. The van der Waals surface area contributed by atoms with E-state index in [-0.39, 0.29) is 36.6 Å². The number of nitrogens with two attached hydrogens (primary N) is 1. The number of carbonyl (C=O) groups is 3. The number of nitrogens with zero attached hydrogens (tertiary/aromatic N) is 3. The Labute approximate surface area is 259 Å². The monoisotopic (exact) mass is 649 g/mol. The van der Waals surface area contributed by atoms with Crippen LogP contribution in [-0.2, 0) is 37.7 Å². The number of halogens is 1. The summed E-state index contributed by atoms with van der Waals surface area (Å²) in [4.78, 5) is 41.7. The van der Waals surface area contributed by atoms with Gasteiger partial charge in [0, 0.05) is 25.2 Å². The van der Waals surface area contributed by atoms with E-state index in [9.17, 15) is 18.9 Å². The number of nitrogen functional groups attached to an aromatic ring is 1. The fourth-order valence-corrected chi connectivity index (χ4v) is 6.65. The molecule has 1 aromatic carbocycles. The van der Waals surface area contributed by atoms with Crippen molar-refractivity contribution in [2.45, 2.75) is 63.9 Å². The number of anilines is 1. The molecule has 1 unspecified atom stereocenters. The highest BCUT2D eigenvalue weighted by atomic mass is 31.2. The summed E-state index contributed by atoms with van der Waals surface area (Å²) >= 11 is 0. The Bertz CT molecular complexity index is 1560. The molecule has 0 radical (unpaired) electrons. The number of methoxy groups -OCH3 is 1. The lowest BCUT2D eigenvalue weighted by atomic mass is 9.84. The first kappa shape index (κ1) is 34.0. The summed E-state index contributed by atoms with van der Waals surface area (Å²) < 4.78 is 59.3. The first-order chi connectivity index (χ1) is 21.5. The molecule has 16 heteroatoms. The molecule has 0 aliphatic carbocycles. The molecule has 1 saturated heterocycles. The minimum absolute atomic E-state index is 0.0511. The van der Waals surface area contributed by atoms with Gasteiger partial charge in [0.2, 0.25) is 0 Å². The van der Waals surface area contributed by atoms with E-state index in [4.69, 9.17) is 29.0 Å². The van der Waals surface area contributed by atoms with Gasteiger partial charge in [-0.2, -0.15) is 10.2 Å². The van der Waals surface area contributed by atoms with Crippen molar-refractivity contribution >= 4 is 36.8 Å². The highest BCUT2D eigenvalue weighted by Gasteiger charge is 2.60. The van der Waals surface area contributed by atoms with Crippen LogP contribution >= 0.6 is 7.75 Å². The predicted molar refractivity (Wildman–Crippen MR) is 159 cm³/mol. The van der Waals surface area contributed by atoms with Crippen molar-refractivity contribution in [3.8, 4) is 5.75 Å². The molecule has 1 aliphatic heterocycles. The summed E-state index contributed by atoms with van der Waals surface area (Å²) in [5.74, 6) is -2.23. The maximum atomic E-state index is 15.4.